The van der Waals surface area contributed by atoms with Gasteiger partial charge >= 0.3 is 12.2 Å². The Morgan fingerprint density at radius 2 is 1.02 bits per heavy atom. The number of benzene rings is 3. The second kappa shape index (κ2) is 19.6. The topological polar surface area (TPSA) is 121 Å². The number of rotatable bonds is 9. The molecule has 2 unspecified atom stereocenters. The van der Waals surface area contributed by atoms with Crippen LogP contribution in [0, 0.1) is 0 Å². The van der Waals surface area contributed by atoms with Gasteiger partial charge in [-0.3, -0.25) is 14.6 Å². The molecule has 3 aromatic rings. The number of ether oxygens (including phenoxy) is 2. The van der Waals surface area contributed by atoms with E-state index in [9.17, 15) is 14.4 Å². The molecule has 0 aliphatic carbocycles. The van der Waals surface area contributed by atoms with Gasteiger partial charge < -0.3 is 30.3 Å². The van der Waals surface area contributed by atoms with E-state index in [1.165, 1.54) is 11.1 Å². The molecule has 3 N–H and O–H groups in total. The fourth-order valence-electron chi connectivity index (χ4n) is 6.38. The first-order chi connectivity index (χ1) is 25.2. The molecule has 2 aliphatic heterocycles. The van der Waals surface area contributed by atoms with Gasteiger partial charge in [-0.25, -0.2) is 9.59 Å². The standard InChI is InChI=1S/C25H33N3O3.C17H27N3O2/c1-25(2,3)31-24(30)28-15-14-27(18-21-12-8-5-9-13-21)19-22(28)17-26-23(29)16-20-10-6-4-7-11-20;1-17(2,3)22-16(21)20-10-9-19(13-15(20)11-18)12-14-7-5-4-6-8-14/h4-13,22H,14-19H2,1-3H3,(H,26,29);4-8,15H,9-13,18H2,1-3H3. The van der Waals surface area contributed by atoms with Crippen LogP contribution in [0.5, 0.6) is 0 Å². The summed E-state index contributed by atoms with van der Waals surface area (Å²) in [7, 11) is 0. The van der Waals surface area contributed by atoms with Gasteiger partial charge in [0.25, 0.3) is 0 Å². The van der Waals surface area contributed by atoms with Crippen LogP contribution in [-0.4, -0.2) is 113 Å². The smallest absolute Gasteiger partial charge is 0.410 e. The van der Waals surface area contributed by atoms with Crippen molar-refractivity contribution in [3.8, 4) is 0 Å². The molecule has 0 saturated carbocycles. The van der Waals surface area contributed by atoms with Crippen LogP contribution >= 0.6 is 0 Å². The lowest BCUT2D eigenvalue weighted by molar-refractivity contribution is -0.120. The van der Waals surface area contributed by atoms with Crippen LogP contribution in [0.4, 0.5) is 9.59 Å². The molecular formula is C42H60N6O5. The molecule has 11 heteroatoms. The summed E-state index contributed by atoms with van der Waals surface area (Å²) in [5.74, 6) is -0.0458. The summed E-state index contributed by atoms with van der Waals surface area (Å²) in [5, 5.41) is 3.02. The Labute approximate surface area is 316 Å². The second-order valence-corrected chi connectivity index (χ2v) is 15.8. The van der Waals surface area contributed by atoms with Crippen molar-refractivity contribution in [3.05, 3.63) is 108 Å². The van der Waals surface area contributed by atoms with Crippen molar-refractivity contribution in [1.29, 1.82) is 0 Å². The van der Waals surface area contributed by atoms with Crippen molar-refractivity contribution in [2.75, 3.05) is 52.4 Å². The number of carbonyl (C=O) groups is 3. The van der Waals surface area contributed by atoms with Crippen LogP contribution in [0.3, 0.4) is 0 Å². The van der Waals surface area contributed by atoms with Crippen molar-refractivity contribution in [2.24, 2.45) is 5.73 Å². The van der Waals surface area contributed by atoms with Crippen LogP contribution in [0.2, 0.25) is 0 Å². The third kappa shape index (κ3) is 14.5. The first kappa shape index (κ1) is 41.3. The highest BCUT2D eigenvalue weighted by atomic mass is 16.6. The van der Waals surface area contributed by atoms with Gasteiger partial charge in [0.1, 0.15) is 11.2 Å². The number of nitrogens with two attached hydrogens (primary N) is 1. The zero-order valence-corrected chi connectivity index (χ0v) is 32.5. The van der Waals surface area contributed by atoms with E-state index in [1.54, 1.807) is 9.80 Å². The fourth-order valence-corrected chi connectivity index (χ4v) is 6.38. The largest absolute Gasteiger partial charge is 0.444 e. The van der Waals surface area contributed by atoms with Gasteiger partial charge in [-0.1, -0.05) is 91.0 Å². The molecule has 53 heavy (non-hydrogen) atoms. The van der Waals surface area contributed by atoms with Crippen molar-refractivity contribution < 1.29 is 23.9 Å². The normalized spacial score (nSPS) is 18.4. The highest BCUT2D eigenvalue weighted by Gasteiger charge is 2.34. The van der Waals surface area contributed by atoms with Crippen LogP contribution in [0.15, 0.2) is 91.0 Å². The second-order valence-electron chi connectivity index (χ2n) is 15.8. The minimum atomic E-state index is -0.556. The van der Waals surface area contributed by atoms with E-state index < -0.39 is 11.2 Å². The molecule has 0 bridgehead atoms. The quantitative estimate of drug-likeness (QED) is 0.295. The number of hydrogen-bond donors (Lipinski definition) is 2. The Hall–Kier alpha value is -4.45. The first-order valence-corrected chi connectivity index (χ1v) is 18.7. The SMILES string of the molecule is CC(C)(C)OC(=O)N1CCN(Cc2ccccc2)CC1CN.CC(C)(C)OC(=O)N1CCN(Cc2ccccc2)CC1CNC(=O)Cc1ccccc1. The van der Waals surface area contributed by atoms with Gasteiger partial charge in [0.05, 0.1) is 18.5 Å². The number of amides is 3. The van der Waals surface area contributed by atoms with E-state index in [0.717, 1.165) is 38.3 Å². The lowest BCUT2D eigenvalue weighted by Gasteiger charge is -2.41. The van der Waals surface area contributed by atoms with Crippen molar-refractivity contribution in [2.45, 2.75) is 84.3 Å². The maximum Gasteiger partial charge on any atom is 0.410 e. The van der Waals surface area contributed by atoms with Gasteiger partial charge in [-0.2, -0.15) is 0 Å². The lowest BCUT2D eigenvalue weighted by atomic mass is 10.1. The monoisotopic (exact) mass is 728 g/mol. The van der Waals surface area contributed by atoms with Crippen LogP contribution in [0.25, 0.3) is 0 Å². The average Bonchev–Trinajstić information content (AvgIpc) is 3.11. The maximum atomic E-state index is 12.8. The zero-order valence-electron chi connectivity index (χ0n) is 32.5. The Morgan fingerprint density at radius 3 is 1.43 bits per heavy atom. The van der Waals surface area contributed by atoms with Crippen LogP contribution in [-0.2, 0) is 33.8 Å². The summed E-state index contributed by atoms with van der Waals surface area (Å²) in [6, 6.07) is 30.2. The molecule has 0 spiro atoms. The average molecular weight is 729 g/mol. The summed E-state index contributed by atoms with van der Waals surface area (Å²) in [6.45, 7) is 18.1. The molecule has 0 aromatic heterocycles. The predicted octanol–water partition coefficient (Wildman–Crippen LogP) is 5.53. The van der Waals surface area contributed by atoms with Gasteiger partial charge in [0.15, 0.2) is 0 Å². The molecule has 2 saturated heterocycles. The Kier molecular flexibility index (Phi) is 15.3. The zero-order chi connectivity index (χ0) is 38.4. The molecule has 3 amide bonds. The van der Waals surface area contributed by atoms with Crippen molar-refractivity contribution in [3.63, 3.8) is 0 Å². The highest BCUT2D eigenvalue weighted by molar-refractivity contribution is 5.78. The van der Waals surface area contributed by atoms with E-state index >= 15 is 0 Å². The number of hydrogen-bond acceptors (Lipinski definition) is 8. The Morgan fingerprint density at radius 1 is 0.623 bits per heavy atom. The van der Waals surface area contributed by atoms with E-state index in [2.05, 4.69) is 39.4 Å². The van der Waals surface area contributed by atoms with E-state index in [0.29, 0.717) is 39.1 Å². The van der Waals surface area contributed by atoms with Gasteiger partial charge in [0.2, 0.25) is 5.91 Å². The highest BCUT2D eigenvalue weighted by Crippen LogP contribution is 2.19. The molecular weight excluding hydrogens is 668 g/mol. The molecule has 2 heterocycles. The summed E-state index contributed by atoms with van der Waals surface area (Å²) in [4.78, 5) is 45.7. The van der Waals surface area contributed by atoms with Gasteiger partial charge in [-0.05, 0) is 58.2 Å². The number of nitrogens with zero attached hydrogens (tertiary/aromatic N) is 4. The predicted molar refractivity (Wildman–Crippen MR) is 209 cm³/mol. The Bertz CT molecular complexity index is 1560. The van der Waals surface area contributed by atoms with Crippen molar-refractivity contribution in [1.82, 2.24) is 24.9 Å². The van der Waals surface area contributed by atoms with Crippen molar-refractivity contribution >= 4 is 18.1 Å². The lowest BCUT2D eigenvalue weighted by Crippen LogP contribution is -2.59. The minimum absolute atomic E-state index is 0.00677. The van der Waals surface area contributed by atoms with E-state index in [1.807, 2.05) is 108 Å². The molecule has 0 radical (unpaired) electrons. The molecule has 3 aromatic carbocycles. The summed E-state index contributed by atoms with van der Waals surface area (Å²) >= 11 is 0. The molecule has 2 fully saturated rings. The molecule has 11 nitrogen and oxygen atoms in total. The third-order valence-electron chi connectivity index (χ3n) is 8.90. The molecule has 2 aliphatic rings. The summed E-state index contributed by atoms with van der Waals surface area (Å²) in [6.07, 6.45) is -0.259. The number of piperazine rings is 2. The fraction of sp³-hybridized carbons (Fsp3) is 0.500. The third-order valence-corrected chi connectivity index (χ3v) is 8.90. The Balaban J connectivity index is 0.000000251. The molecule has 5 rings (SSSR count). The van der Waals surface area contributed by atoms with Crippen LogP contribution in [0.1, 0.15) is 58.2 Å². The minimum Gasteiger partial charge on any atom is -0.444 e. The number of carbonyl (C=O) groups excluding carboxylic acids is 3. The van der Waals surface area contributed by atoms with Gasteiger partial charge in [0, 0.05) is 65.4 Å². The maximum absolute atomic E-state index is 12.8. The summed E-state index contributed by atoms with van der Waals surface area (Å²) in [5.41, 5.74) is 8.33. The molecule has 288 valence electrons. The van der Waals surface area contributed by atoms with E-state index in [4.69, 9.17) is 15.2 Å². The van der Waals surface area contributed by atoms with Gasteiger partial charge in [-0.15, -0.1) is 0 Å². The first-order valence-electron chi connectivity index (χ1n) is 18.7. The van der Waals surface area contributed by atoms with Crippen LogP contribution < -0.4 is 11.1 Å². The number of nitrogens with one attached hydrogen (secondary N) is 1. The summed E-state index contributed by atoms with van der Waals surface area (Å²) < 4.78 is 11.1. The van der Waals surface area contributed by atoms with E-state index in [-0.39, 0.29) is 30.2 Å². The molecule has 2 atom stereocenters.